The average Bonchev–Trinajstić information content (AvgIpc) is 2.98. The Morgan fingerprint density at radius 3 is 2.79 bits per heavy atom. The molecule has 1 aliphatic rings. The van der Waals surface area contributed by atoms with E-state index in [0.717, 1.165) is 17.2 Å². The maximum atomic E-state index is 12.4. The predicted octanol–water partition coefficient (Wildman–Crippen LogP) is 0.427. The molecule has 3 heterocycles. The van der Waals surface area contributed by atoms with Gasteiger partial charge in [-0.2, -0.15) is 10.2 Å². The first-order chi connectivity index (χ1) is 11.4. The van der Waals surface area contributed by atoms with Gasteiger partial charge in [0.1, 0.15) is 5.82 Å². The maximum absolute atomic E-state index is 12.4. The zero-order valence-electron chi connectivity index (χ0n) is 14.0. The molecule has 0 radical (unpaired) electrons. The number of halogens is 1. The smallest absolute Gasteiger partial charge is 0.345 e. The molecule has 9 heteroatoms. The van der Waals surface area contributed by atoms with E-state index in [1.54, 1.807) is 16.3 Å². The van der Waals surface area contributed by atoms with Crippen LogP contribution in [0, 0.1) is 19.8 Å². The van der Waals surface area contributed by atoms with Crippen LogP contribution in [0.1, 0.15) is 23.6 Å². The summed E-state index contributed by atoms with van der Waals surface area (Å²) in [7, 11) is 1.63. The number of fused-ring (bicyclic) bond motifs is 1. The van der Waals surface area contributed by atoms with E-state index in [9.17, 15) is 9.59 Å². The molecule has 130 valence electrons. The molecule has 3 rings (SSSR count). The van der Waals surface area contributed by atoms with Crippen molar-refractivity contribution in [1.82, 2.24) is 29.4 Å². The van der Waals surface area contributed by atoms with Crippen LogP contribution < -0.4 is 11.0 Å². The summed E-state index contributed by atoms with van der Waals surface area (Å²) in [5, 5.41) is 12.1. The van der Waals surface area contributed by atoms with E-state index in [4.69, 9.17) is 11.6 Å². The highest BCUT2D eigenvalue weighted by Gasteiger charge is 2.27. The number of nitrogens with one attached hydrogen (secondary N) is 1. The van der Waals surface area contributed by atoms with E-state index < -0.39 is 0 Å². The fourth-order valence-electron chi connectivity index (χ4n) is 3.07. The first kappa shape index (κ1) is 16.8. The second kappa shape index (κ2) is 6.43. The van der Waals surface area contributed by atoms with Crippen molar-refractivity contribution in [3.05, 3.63) is 32.7 Å². The van der Waals surface area contributed by atoms with Crippen LogP contribution in [0.2, 0.25) is 5.02 Å². The van der Waals surface area contributed by atoms with Gasteiger partial charge in [0.15, 0.2) is 0 Å². The van der Waals surface area contributed by atoms with Crippen LogP contribution in [0.15, 0.2) is 4.79 Å². The van der Waals surface area contributed by atoms with Gasteiger partial charge in [-0.25, -0.2) is 9.48 Å². The predicted molar refractivity (Wildman–Crippen MR) is 89.0 cm³/mol. The van der Waals surface area contributed by atoms with Gasteiger partial charge in [-0.15, -0.1) is 0 Å². The molecule has 2 aromatic rings. The van der Waals surface area contributed by atoms with Gasteiger partial charge in [0.2, 0.25) is 5.91 Å². The van der Waals surface area contributed by atoms with Gasteiger partial charge in [-0.05, 0) is 20.3 Å². The molecule has 0 aliphatic carbocycles. The zero-order chi connectivity index (χ0) is 17.4. The lowest BCUT2D eigenvalue weighted by Gasteiger charge is -2.21. The zero-order valence-corrected chi connectivity index (χ0v) is 14.8. The van der Waals surface area contributed by atoms with E-state index >= 15 is 0 Å². The molecule has 8 nitrogen and oxygen atoms in total. The third kappa shape index (κ3) is 2.98. The Hall–Kier alpha value is -2.09. The number of amides is 1. The van der Waals surface area contributed by atoms with Crippen molar-refractivity contribution in [1.29, 1.82) is 0 Å². The molecule has 0 fully saturated rings. The van der Waals surface area contributed by atoms with Crippen LogP contribution in [0.25, 0.3) is 0 Å². The number of nitrogens with zero attached hydrogens (tertiary/aromatic N) is 5. The lowest BCUT2D eigenvalue weighted by Crippen LogP contribution is -2.39. The highest BCUT2D eigenvalue weighted by atomic mass is 35.5. The molecule has 1 amide bonds. The summed E-state index contributed by atoms with van der Waals surface area (Å²) in [5.41, 5.74) is 1.52. The van der Waals surface area contributed by atoms with Crippen molar-refractivity contribution in [3.8, 4) is 0 Å². The Bertz CT molecular complexity index is 834. The monoisotopic (exact) mass is 352 g/mol. The maximum Gasteiger partial charge on any atom is 0.345 e. The summed E-state index contributed by atoms with van der Waals surface area (Å²) in [6.07, 6.45) is 1.34. The minimum atomic E-state index is -0.205. The SMILES string of the molecule is Cc1nn(CCNC(=O)C2CCc3nn(C)c(=O)n3C2)c(C)c1Cl. The van der Waals surface area contributed by atoms with Gasteiger partial charge in [-0.3, -0.25) is 14.0 Å². The number of hydrogen-bond donors (Lipinski definition) is 1. The summed E-state index contributed by atoms with van der Waals surface area (Å²) in [4.78, 5) is 24.3. The molecule has 0 saturated carbocycles. The van der Waals surface area contributed by atoms with Crippen molar-refractivity contribution in [2.45, 2.75) is 39.8 Å². The van der Waals surface area contributed by atoms with Crippen LogP contribution in [0.5, 0.6) is 0 Å². The Balaban J connectivity index is 1.57. The number of aromatic nitrogens is 5. The van der Waals surface area contributed by atoms with E-state index in [-0.39, 0.29) is 17.5 Å². The van der Waals surface area contributed by atoms with Crippen LogP contribution in [-0.4, -0.2) is 36.6 Å². The highest BCUT2D eigenvalue weighted by Crippen LogP contribution is 2.19. The van der Waals surface area contributed by atoms with Gasteiger partial charge in [0, 0.05) is 26.6 Å². The molecule has 0 saturated heterocycles. The number of carbonyl (C=O) groups excluding carboxylic acids is 1. The van der Waals surface area contributed by atoms with Crippen LogP contribution in [-0.2, 0) is 31.4 Å². The molecule has 2 aromatic heterocycles. The van der Waals surface area contributed by atoms with Gasteiger partial charge >= 0.3 is 5.69 Å². The number of hydrogen-bond acceptors (Lipinski definition) is 4. The summed E-state index contributed by atoms with van der Waals surface area (Å²) in [6.45, 7) is 5.19. The summed E-state index contributed by atoms with van der Waals surface area (Å²) < 4.78 is 4.71. The molecule has 0 spiro atoms. The lowest BCUT2D eigenvalue weighted by molar-refractivity contribution is -0.126. The summed E-state index contributed by atoms with van der Waals surface area (Å²) in [5.74, 6) is 0.510. The summed E-state index contributed by atoms with van der Waals surface area (Å²) >= 11 is 6.12. The fraction of sp³-hybridized carbons (Fsp3) is 0.600. The number of rotatable bonds is 4. The minimum Gasteiger partial charge on any atom is -0.354 e. The first-order valence-corrected chi connectivity index (χ1v) is 8.36. The van der Waals surface area contributed by atoms with Gasteiger partial charge in [0.05, 0.1) is 28.9 Å². The van der Waals surface area contributed by atoms with Crippen molar-refractivity contribution >= 4 is 17.5 Å². The quantitative estimate of drug-likeness (QED) is 0.864. The Labute approximate surface area is 144 Å². The molecule has 1 atom stereocenters. The van der Waals surface area contributed by atoms with Gasteiger partial charge in [-0.1, -0.05) is 11.6 Å². The minimum absolute atomic E-state index is 0.0379. The van der Waals surface area contributed by atoms with Crippen molar-refractivity contribution in [2.24, 2.45) is 13.0 Å². The molecule has 1 aliphatic heterocycles. The largest absolute Gasteiger partial charge is 0.354 e. The molecule has 24 heavy (non-hydrogen) atoms. The second-order valence-corrected chi connectivity index (χ2v) is 6.55. The molecule has 0 bridgehead atoms. The van der Waals surface area contributed by atoms with E-state index in [0.29, 0.717) is 37.5 Å². The highest BCUT2D eigenvalue weighted by molar-refractivity contribution is 6.31. The molecular formula is C15H21ClN6O2. The van der Waals surface area contributed by atoms with Crippen LogP contribution in [0.4, 0.5) is 0 Å². The van der Waals surface area contributed by atoms with Gasteiger partial charge in [0.25, 0.3) is 0 Å². The lowest BCUT2D eigenvalue weighted by atomic mass is 9.98. The number of aryl methyl sites for hydroxylation is 3. The normalized spacial score (nSPS) is 16.9. The Morgan fingerprint density at radius 2 is 2.12 bits per heavy atom. The Kier molecular flexibility index (Phi) is 4.49. The first-order valence-electron chi connectivity index (χ1n) is 7.98. The molecular weight excluding hydrogens is 332 g/mol. The second-order valence-electron chi connectivity index (χ2n) is 6.17. The van der Waals surface area contributed by atoms with E-state index in [2.05, 4.69) is 15.5 Å². The van der Waals surface area contributed by atoms with E-state index in [1.165, 1.54) is 4.68 Å². The van der Waals surface area contributed by atoms with Crippen LogP contribution in [0.3, 0.4) is 0 Å². The third-order valence-electron chi connectivity index (χ3n) is 4.49. The number of carbonyl (C=O) groups is 1. The standard InChI is InChI=1S/C15H21ClN6O2/c1-9-13(16)10(2)22(18-9)7-6-17-14(23)11-4-5-12-19-20(3)15(24)21(12)8-11/h11H,4-8H2,1-3H3,(H,17,23). The van der Waals surface area contributed by atoms with E-state index in [1.807, 2.05) is 13.8 Å². The van der Waals surface area contributed by atoms with Gasteiger partial charge < -0.3 is 5.32 Å². The average molecular weight is 353 g/mol. The van der Waals surface area contributed by atoms with Crippen molar-refractivity contribution < 1.29 is 4.79 Å². The topological polar surface area (TPSA) is 86.7 Å². The van der Waals surface area contributed by atoms with Crippen molar-refractivity contribution in [2.75, 3.05) is 6.54 Å². The fourth-order valence-corrected chi connectivity index (χ4v) is 3.21. The van der Waals surface area contributed by atoms with Crippen molar-refractivity contribution in [3.63, 3.8) is 0 Å². The molecule has 0 aromatic carbocycles. The molecule has 1 N–H and O–H groups in total. The third-order valence-corrected chi connectivity index (χ3v) is 5.04. The Morgan fingerprint density at radius 1 is 1.38 bits per heavy atom. The molecule has 1 unspecified atom stereocenters. The summed E-state index contributed by atoms with van der Waals surface area (Å²) in [6, 6.07) is 0. The van der Waals surface area contributed by atoms with Crippen LogP contribution >= 0.6 is 11.6 Å².